The molecule has 3 heteroatoms. The van der Waals surface area contributed by atoms with Crippen LogP contribution in [0.4, 0.5) is 0 Å². The van der Waals surface area contributed by atoms with Gasteiger partial charge in [0.25, 0.3) is 0 Å². The molecule has 3 nitrogen and oxygen atoms in total. The van der Waals surface area contributed by atoms with Crippen molar-refractivity contribution in [3.63, 3.8) is 0 Å². The van der Waals surface area contributed by atoms with Crippen molar-refractivity contribution in [1.29, 1.82) is 0 Å². The molecule has 0 radical (unpaired) electrons. The predicted molar refractivity (Wildman–Crippen MR) is 186 cm³/mol. The quantitative estimate of drug-likeness (QED) is 0.0514. The molecule has 0 amide bonds. The third kappa shape index (κ3) is 28.1. The number of aliphatic hydroxyl groups excluding tert-OH is 2. The van der Waals surface area contributed by atoms with Crippen molar-refractivity contribution >= 4 is 0 Å². The highest BCUT2D eigenvalue weighted by molar-refractivity contribution is 4.86. The second-order valence-corrected chi connectivity index (χ2v) is 13.2. The summed E-state index contributed by atoms with van der Waals surface area (Å²) in [5.41, 5.74) is -1.13. The Hall–Kier alpha value is -0.640. The average Bonchev–Trinajstić information content (AvgIpc) is 3.00. The van der Waals surface area contributed by atoms with E-state index in [4.69, 9.17) is 0 Å². The van der Waals surface area contributed by atoms with E-state index in [1.807, 2.05) is 0 Å². The van der Waals surface area contributed by atoms with Crippen LogP contribution in [0.5, 0.6) is 0 Å². The fourth-order valence-corrected chi connectivity index (χ4v) is 5.99. The SMILES string of the molecule is CCCCCCCCC=CCCCCCCCCC(O)(CCCCCCCCC=CCCCCCCCC)C(O)CO. The van der Waals surface area contributed by atoms with Gasteiger partial charge in [-0.05, 0) is 64.2 Å². The number of aliphatic hydroxyl groups is 3. The molecule has 0 saturated carbocycles. The number of hydrogen-bond acceptors (Lipinski definition) is 3. The Morgan fingerprint density at radius 2 is 0.690 bits per heavy atom. The molecule has 0 aliphatic heterocycles. The summed E-state index contributed by atoms with van der Waals surface area (Å²) < 4.78 is 0. The molecular weight excluding hydrogens is 516 g/mol. The van der Waals surface area contributed by atoms with Crippen LogP contribution in [0.15, 0.2) is 24.3 Å². The Morgan fingerprint density at radius 1 is 0.429 bits per heavy atom. The standard InChI is InChI=1S/C39H76O3/c1-3-5-7-9-11-13-15-17-19-21-23-25-27-29-31-33-35-39(42,38(41)37-40)36-34-32-30-28-26-24-22-20-18-16-14-12-10-8-6-4-2/h17-20,38,40-42H,3-16,21-37H2,1-2H3. The van der Waals surface area contributed by atoms with Gasteiger partial charge in [0.05, 0.1) is 12.2 Å². The molecule has 42 heavy (non-hydrogen) atoms. The van der Waals surface area contributed by atoms with Crippen LogP contribution in [0, 0.1) is 0 Å². The largest absolute Gasteiger partial charge is 0.394 e. The maximum atomic E-state index is 11.1. The first-order valence-corrected chi connectivity index (χ1v) is 18.9. The Kier molecular flexibility index (Phi) is 32.8. The van der Waals surface area contributed by atoms with E-state index >= 15 is 0 Å². The van der Waals surface area contributed by atoms with E-state index in [9.17, 15) is 15.3 Å². The fourth-order valence-electron chi connectivity index (χ4n) is 5.99. The zero-order valence-electron chi connectivity index (χ0n) is 28.6. The summed E-state index contributed by atoms with van der Waals surface area (Å²) >= 11 is 0. The Balaban J connectivity index is 3.71. The van der Waals surface area contributed by atoms with E-state index in [0.717, 1.165) is 25.7 Å². The first kappa shape index (κ1) is 41.4. The lowest BCUT2D eigenvalue weighted by Crippen LogP contribution is -2.44. The van der Waals surface area contributed by atoms with Crippen molar-refractivity contribution in [1.82, 2.24) is 0 Å². The molecule has 0 fully saturated rings. The van der Waals surface area contributed by atoms with Gasteiger partial charge in [0.15, 0.2) is 0 Å². The van der Waals surface area contributed by atoms with Gasteiger partial charge in [0, 0.05) is 0 Å². The highest BCUT2D eigenvalue weighted by atomic mass is 16.4. The highest BCUT2D eigenvalue weighted by Gasteiger charge is 2.33. The minimum Gasteiger partial charge on any atom is -0.394 e. The van der Waals surface area contributed by atoms with E-state index in [1.54, 1.807) is 0 Å². The summed E-state index contributed by atoms with van der Waals surface area (Å²) in [6.07, 6.45) is 45.1. The Morgan fingerprint density at radius 3 is 0.976 bits per heavy atom. The fraction of sp³-hybridized carbons (Fsp3) is 0.897. The normalized spacial score (nSPS) is 14.3. The van der Waals surface area contributed by atoms with E-state index in [-0.39, 0.29) is 6.61 Å². The van der Waals surface area contributed by atoms with Gasteiger partial charge >= 0.3 is 0 Å². The molecule has 0 aromatic heterocycles. The first-order chi connectivity index (χ1) is 20.6. The molecule has 3 N–H and O–H groups in total. The van der Waals surface area contributed by atoms with Gasteiger partial charge in [0.2, 0.25) is 0 Å². The topological polar surface area (TPSA) is 60.7 Å². The Bertz CT molecular complexity index is 528. The molecule has 0 aliphatic carbocycles. The first-order valence-electron chi connectivity index (χ1n) is 18.9. The lowest BCUT2D eigenvalue weighted by Gasteiger charge is -2.32. The summed E-state index contributed by atoms with van der Waals surface area (Å²) in [6, 6.07) is 0. The van der Waals surface area contributed by atoms with Gasteiger partial charge in [-0.1, -0.05) is 167 Å². The number of unbranched alkanes of at least 4 members (excludes halogenated alkanes) is 24. The lowest BCUT2D eigenvalue weighted by molar-refractivity contribution is -0.106. The maximum absolute atomic E-state index is 11.1. The molecular formula is C39H76O3. The molecule has 0 heterocycles. The van der Waals surface area contributed by atoms with E-state index in [0.29, 0.717) is 12.8 Å². The van der Waals surface area contributed by atoms with Crippen LogP contribution in [0.25, 0.3) is 0 Å². The number of rotatable bonds is 34. The smallest absolute Gasteiger partial charge is 0.106 e. The van der Waals surface area contributed by atoms with Crippen LogP contribution < -0.4 is 0 Å². The summed E-state index contributed by atoms with van der Waals surface area (Å²) in [6.45, 7) is 4.19. The average molecular weight is 593 g/mol. The van der Waals surface area contributed by atoms with Crippen LogP contribution in [0.3, 0.4) is 0 Å². The van der Waals surface area contributed by atoms with E-state index < -0.39 is 11.7 Å². The van der Waals surface area contributed by atoms with Crippen molar-refractivity contribution in [3.8, 4) is 0 Å². The molecule has 0 aromatic rings. The Labute approximate surface area is 264 Å². The van der Waals surface area contributed by atoms with Crippen molar-refractivity contribution in [3.05, 3.63) is 24.3 Å². The molecule has 250 valence electrons. The minimum absolute atomic E-state index is 0.352. The third-order valence-corrected chi connectivity index (χ3v) is 9.04. The summed E-state index contributed by atoms with van der Waals surface area (Å²) in [7, 11) is 0. The molecule has 0 aliphatic rings. The van der Waals surface area contributed by atoms with Crippen molar-refractivity contribution < 1.29 is 15.3 Å². The summed E-state index contributed by atoms with van der Waals surface area (Å²) in [5.74, 6) is 0. The zero-order valence-corrected chi connectivity index (χ0v) is 28.6. The molecule has 0 rings (SSSR count). The van der Waals surface area contributed by atoms with Crippen LogP contribution in [0.1, 0.15) is 206 Å². The van der Waals surface area contributed by atoms with Gasteiger partial charge in [-0.3, -0.25) is 0 Å². The van der Waals surface area contributed by atoms with Gasteiger partial charge < -0.3 is 15.3 Å². The maximum Gasteiger partial charge on any atom is 0.106 e. The molecule has 0 saturated heterocycles. The summed E-state index contributed by atoms with van der Waals surface area (Å²) in [4.78, 5) is 0. The van der Waals surface area contributed by atoms with Crippen LogP contribution in [-0.4, -0.2) is 33.6 Å². The van der Waals surface area contributed by atoms with Crippen LogP contribution in [-0.2, 0) is 0 Å². The van der Waals surface area contributed by atoms with E-state index in [2.05, 4.69) is 38.2 Å². The lowest BCUT2D eigenvalue weighted by atomic mass is 9.85. The third-order valence-electron chi connectivity index (χ3n) is 9.04. The molecule has 0 bridgehead atoms. The van der Waals surface area contributed by atoms with Gasteiger partial charge in [-0.25, -0.2) is 0 Å². The van der Waals surface area contributed by atoms with Crippen LogP contribution >= 0.6 is 0 Å². The highest BCUT2D eigenvalue weighted by Crippen LogP contribution is 2.27. The van der Waals surface area contributed by atoms with E-state index in [1.165, 1.54) is 154 Å². The predicted octanol–water partition coefficient (Wildman–Crippen LogP) is 11.9. The second-order valence-electron chi connectivity index (χ2n) is 13.2. The van der Waals surface area contributed by atoms with Crippen molar-refractivity contribution in [2.75, 3.05) is 6.61 Å². The van der Waals surface area contributed by atoms with Gasteiger partial charge in [-0.2, -0.15) is 0 Å². The van der Waals surface area contributed by atoms with Gasteiger partial charge in [-0.15, -0.1) is 0 Å². The second kappa shape index (κ2) is 33.3. The summed E-state index contributed by atoms with van der Waals surface area (Å²) in [5, 5.41) is 30.9. The molecule has 0 aromatic carbocycles. The van der Waals surface area contributed by atoms with Gasteiger partial charge in [0.1, 0.15) is 6.10 Å². The monoisotopic (exact) mass is 593 g/mol. The molecule has 1 unspecified atom stereocenters. The van der Waals surface area contributed by atoms with Crippen molar-refractivity contribution in [2.45, 2.75) is 218 Å². The minimum atomic E-state index is -1.13. The molecule has 0 spiro atoms. The number of hydrogen-bond donors (Lipinski definition) is 3. The number of allylic oxidation sites excluding steroid dienone is 4. The van der Waals surface area contributed by atoms with Crippen LogP contribution in [0.2, 0.25) is 0 Å². The molecule has 1 atom stereocenters. The zero-order chi connectivity index (χ0) is 30.8. The van der Waals surface area contributed by atoms with Crippen molar-refractivity contribution in [2.24, 2.45) is 0 Å².